The number of hydrogen-bond acceptors (Lipinski definition) is 4. The zero-order chi connectivity index (χ0) is 9.03. The summed E-state index contributed by atoms with van der Waals surface area (Å²) in [6, 6.07) is 0. The zero-order valence-corrected chi connectivity index (χ0v) is 7.32. The zero-order valence-electron chi connectivity index (χ0n) is 6.43. The van der Waals surface area contributed by atoms with Gasteiger partial charge in [-0.3, -0.25) is 4.57 Å². The Morgan fingerprint density at radius 2 is 2.58 bits per heavy atom. The van der Waals surface area contributed by atoms with Gasteiger partial charge in [0, 0.05) is 11.9 Å². The van der Waals surface area contributed by atoms with Gasteiger partial charge < -0.3 is 9.88 Å². The first-order chi connectivity index (χ1) is 5.64. The lowest BCUT2D eigenvalue weighted by molar-refractivity contribution is -0.185. The average Bonchev–Trinajstić information content (AvgIpc) is 2.38. The van der Waals surface area contributed by atoms with E-state index in [9.17, 15) is 4.57 Å². The van der Waals surface area contributed by atoms with Crippen LogP contribution in [0.15, 0.2) is 12.5 Å². The van der Waals surface area contributed by atoms with E-state index < -0.39 is 7.60 Å². The van der Waals surface area contributed by atoms with E-state index in [1.807, 2.05) is 0 Å². The van der Waals surface area contributed by atoms with Gasteiger partial charge in [0.05, 0.1) is 19.6 Å². The summed E-state index contributed by atoms with van der Waals surface area (Å²) in [6.07, 6.45) is 2.73. The van der Waals surface area contributed by atoms with E-state index in [1.54, 1.807) is 0 Å². The van der Waals surface area contributed by atoms with Crippen LogP contribution in [0.5, 0.6) is 0 Å². The monoisotopic (exact) mass is 192 g/mol. The lowest BCUT2D eigenvalue weighted by Crippen LogP contribution is -1.92. The standard InChI is InChI=1S/C5H9N2O4P/c1-10-11-12(8,9)3-5-2-6-4-7-5/h2,4H,3H2,1H3,(H,6,7)(H,8,9). The summed E-state index contributed by atoms with van der Waals surface area (Å²) in [4.78, 5) is 19.5. The molecule has 0 saturated carbocycles. The molecule has 1 aromatic rings. The first-order valence-corrected chi connectivity index (χ1v) is 4.92. The molecule has 0 aliphatic carbocycles. The topological polar surface area (TPSA) is 84.4 Å². The third-order valence-electron chi connectivity index (χ3n) is 1.12. The second-order valence-corrected chi connectivity index (χ2v) is 3.85. The van der Waals surface area contributed by atoms with E-state index >= 15 is 0 Å². The Morgan fingerprint density at radius 3 is 3.08 bits per heavy atom. The predicted molar refractivity (Wildman–Crippen MR) is 40.2 cm³/mol. The lowest BCUT2D eigenvalue weighted by atomic mass is 10.6. The van der Waals surface area contributed by atoms with Crippen LogP contribution in [0.25, 0.3) is 0 Å². The molecule has 0 saturated heterocycles. The maximum absolute atomic E-state index is 11.0. The van der Waals surface area contributed by atoms with Crippen molar-refractivity contribution in [3.63, 3.8) is 0 Å². The van der Waals surface area contributed by atoms with E-state index in [1.165, 1.54) is 19.6 Å². The summed E-state index contributed by atoms with van der Waals surface area (Å²) in [5.74, 6) is 0. The molecule has 7 heteroatoms. The molecule has 0 radical (unpaired) electrons. The third-order valence-corrected chi connectivity index (χ3v) is 2.24. The summed E-state index contributed by atoms with van der Waals surface area (Å²) in [5, 5.41) is 0. The number of aromatic amines is 1. The summed E-state index contributed by atoms with van der Waals surface area (Å²) < 4.78 is 15.2. The largest absolute Gasteiger partial charge is 0.361 e. The number of aromatic nitrogens is 2. The quantitative estimate of drug-likeness (QED) is 0.416. The van der Waals surface area contributed by atoms with Crippen molar-refractivity contribution in [2.75, 3.05) is 7.11 Å². The van der Waals surface area contributed by atoms with E-state index in [0.717, 1.165) is 0 Å². The van der Waals surface area contributed by atoms with Crippen molar-refractivity contribution in [1.29, 1.82) is 0 Å². The smallest absolute Gasteiger partial charge is 0.348 e. The minimum absolute atomic E-state index is 0.138. The van der Waals surface area contributed by atoms with Gasteiger partial charge in [-0.05, 0) is 0 Å². The maximum Gasteiger partial charge on any atom is 0.361 e. The van der Waals surface area contributed by atoms with Gasteiger partial charge >= 0.3 is 7.60 Å². The fourth-order valence-electron chi connectivity index (χ4n) is 0.729. The Bertz CT molecular complexity index is 273. The second-order valence-electron chi connectivity index (χ2n) is 2.11. The van der Waals surface area contributed by atoms with Crippen molar-refractivity contribution in [2.24, 2.45) is 0 Å². The molecule has 2 N–H and O–H groups in total. The van der Waals surface area contributed by atoms with Crippen LogP contribution in [-0.4, -0.2) is 22.0 Å². The van der Waals surface area contributed by atoms with Crippen molar-refractivity contribution in [3.8, 4) is 0 Å². The highest BCUT2D eigenvalue weighted by molar-refractivity contribution is 7.51. The van der Waals surface area contributed by atoms with Crippen molar-refractivity contribution in [3.05, 3.63) is 18.2 Å². The van der Waals surface area contributed by atoms with Gasteiger partial charge in [-0.25, -0.2) is 9.87 Å². The molecule has 1 heterocycles. The summed E-state index contributed by atoms with van der Waals surface area (Å²) in [5.41, 5.74) is 0.526. The molecule has 1 rings (SSSR count). The number of rotatable bonds is 4. The molecule has 0 fully saturated rings. The second kappa shape index (κ2) is 3.82. The number of imidazole rings is 1. The number of nitrogens with zero attached hydrogens (tertiary/aromatic N) is 1. The summed E-state index contributed by atoms with van der Waals surface area (Å²) in [6.45, 7) is 0. The Hall–Kier alpha value is -0.680. The molecule has 12 heavy (non-hydrogen) atoms. The minimum atomic E-state index is -3.67. The van der Waals surface area contributed by atoms with Crippen LogP contribution < -0.4 is 0 Å². The van der Waals surface area contributed by atoms with Gasteiger partial charge in [0.1, 0.15) is 0 Å². The van der Waals surface area contributed by atoms with Gasteiger partial charge in [-0.1, -0.05) is 0 Å². The van der Waals surface area contributed by atoms with Gasteiger partial charge in [0.2, 0.25) is 0 Å². The molecule has 0 aliphatic rings. The van der Waals surface area contributed by atoms with Crippen molar-refractivity contribution < 1.29 is 19.0 Å². The molecule has 0 aliphatic heterocycles. The highest BCUT2D eigenvalue weighted by atomic mass is 31.2. The first kappa shape index (κ1) is 9.41. The minimum Gasteiger partial charge on any atom is -0.348 e. The van der Waals surface area contributed by atoms with Crippen LogP contribution in [0.2, 0.25) is 0 Å². The van der Waals surface area contributed by atoms with Gasteiger partial charge in [-0.2, -0.15) is 0 Å². The van der Waals surface area contributed by atoms with Gasteiger partial charge in [-0.15, -0.1) is 4.67 Å². The Morgan fingerprint density at radius 1 is 1.83 bits per heavy atom. The van der Waals surface area contributed by atoms with E-state index in [4.69, 9.17) is 4.89 Å². The molecule has 0 amide bonds. The molecule has 0 spiro atoms. The highest BCUT2D eigenvalue weighted by Gasteiger charge is 2.21. The molecular formula is C5H9N2O4P. The molecule has 6 nitrogen and oxygen atoms in total. The van der Waals surface area contributed by atoms with E-state index in [-0.39, 0.29) is 6.16 Å². The fourth-order valence-corrected chi connectivity index (χ4v) is 1.62. The van der Waals surface area contributed by atoms with Crippen LogP contribution >= 0.6 is 7.60 Å². The van der Waals surface area contributed by atoms with Crippen LogP contribution in [0.1, 0.15) is 5.69 Å². The molecule has 1 unspecified atom stereocenters. The SMILES string of the molecule is COOP(=O)(O)Cc1cnc[nH]1. The molecule has 0 aromatic carbocycles. The van der Waals surface area contributed by atoms with Gasteiger partial charge in [0.25, 0.3) is 0 Å². The third kappa shape index (κ3) is 2.75. The summed E-state index contributed by atoms with van der Waals surface area (Å²) >= 11 is 0. The predicted octanol–water partition coefficient (Wildman–Crippen LogP) is 0.673. The van der Waals surface area contributed by atoms with Crippen LogP contribution in [-0.2, 0) is 20.3 Å². The Balaban J connectivity index is 2.56. The molecule has 1 aromatic heterocycles. The first-order valence-electron chi connectivity index (χ1n) is 3.15. The highest BCUT2D eigenvalue weighted by Crippen LogP contribution is 2.44. The Kier molecular flexibility index (Phi) is 2.99. The van der Waals surface area contributed by atoms with Crippen LogP contribution in [0, 0.1) is 0 Å². The van der Waals surface area contributed by atoms with Crippen molar-refractivity contribution in [2.45, 2.75) is 6.16 Å². The van der Waals surface area contributed by atoms with E-state index in [0.29, 0.717) is 5.69 Å². The molecular weight excluding hydrogens is 183 g/mol. The summed E-state index contributed by atoms with van der Waals surface area (Å²) in [7, 11) is -2.50. The maximum atomic E-state index is 11.0. The molecule has 1 atom stereocenters. The number of nitrogens with one attached hydrogen (secondary N) is 1. The fraction of sp³-hybridized carbons (Fsp3) is 0.400. The van der Waals surface area contributed by atoms with E-state index in [2.05, 4.69) is 19.5 Å². The normalized spacial score (nSPS) is 15.8. The number of H-pyrrole nitrogens is 1. The molecule has 68 valence electrons. The van der Waals surface area contributed by atoms with Gasteiger partial charge in [0.15, 0.2) is 0 Å². The average molecular weight is 192 g/mol. The van der Waals surface area contributed by atoms with Crippen LogP contribution in [0.3, 0.4) is 0 Å². The molecule has 0 bridgehead atoms. The number of hydrogen-bond donors (Lipinski definition) is 2. The van der Waals surface area contributed by atoms with Crippen molar-refractivity contribution >= 4 is 7.60 Å². The van der Waals surface area contributed by atoms with Crippen molar-refractivity contribution in [1.82, 2.24) is 9.97 Å². The lowest BCUT2D eigenvalue weighted by Gasteiger charge is -2.06. The Labute approximate surface area is 69.0 Å². The van der Waals surface area contributed by atoms with Crippen LogP contribution in [0.4, 0.5) is 0 Å².